The van der Waals surface area contributed by atoms with Crippen LogP contribution in [0.15, 0.2) is 18.3 Å². The molecule has 3 nitrogen and oxygen atoms in total. The number of hydrogen-bond donors (Lipinski definition) is 1. The van der Waals surface area contributed by atoms with Gasteiger partial charge in [-0.3, -0.25) is 0 Å². The minimum Gasteiger partial charge on any atom is -0.322 e. The first-order valence-corrected chi connectivity index (χ1v) is 9.31. The monoisotopic (exact) mass is 313 g/mol. The highest BCUT2D eigenvalue weighted by atomic mass is 15.0. The molecule has 1 unspecified atom stereocenters. The SMILES string of the molecule is CCCCC1CCC(C(N)c2c(C)nc3c(C)cccn23)CC1. The molecular weight excluding hydrogens is 282 g/mol. The molecule has 126 valence electrons. The van der Waals surface area contributed by atoms with Gasteiger partial charge in [0.1, 0.15) is 5.65 Å². The van der Waals surface area contributed by atoms with Crippen LogP contribution in [-0.4, -0.2) is 9.38 Å². The highest BCUT2D eigenvalue weighted by Gasteiger charge is 2.29. The highest BCUT2D eigenvalue weighted by Crippen LogP contribution is 2.38. The van der Waals surface area contributed by atoms with Crippen molar-refractivity contribution in [3.05, 3.63) is 35.3 Å². The highest BCUT2D eigenvalue weighted by molar-refractivity contribution is 5.50. The van der Waals surface area contributed by atoms with Gasteiger partial charge in [-0.2, -0.15) is 0 Å². The smallest absolute Gasteiger partial charge is 0.140 e. The molecular formula is C20H31N3. The van der Waals surface area contributed by atoms with Crippen molar-refractivity contribution in [2.24, 2.45) is 17.6 Å². The van der Waals surface area contributed by atoms with Crippen LogP contribution in [0.2, 0.25) is 0 Å². The van der Waals surface area contributed by atoms with E-state index in [4.69, 9.17) is 10.7 Å². The summed E-state index contributed by atoms with van der Waals surface area (Å²) in [5, 5.41) is 0. The van der Waals surface area contributed by atoms with E-state index in [1.54, 1.807) is 0 Å². The number of aromatic nitrogens is 2. The van der Waals surface area contributed by atoms with Crippen molar-refractivity contribution in [2.45, 2.75) is 71.8 Å². The van der Waals surface area contributed by atoms with E-state index >= 15 is 0 Å². The summed E-state index contributed by atoms with van der Waals surface area (Å²) in [7, 11) is 0. The fraction of sp³-hybridized carbons (Fsp3) is 0.650. The summed E-state index contributed by atoms with van der Waals surface area (Å²) in [6.07, 6.45) is 11.5. The summed E-state index contributed by atoms with van der Waals surface area (Å²) in [6.45, 7) is 6.52. The second kappa shape index (κ2) is 7.04. The second-order valence-electron chi connectivity index (χ2n) is 7.42. The molecule has 0 aliphatic heterocycles. The van der Waals surface area contributed by atoms with E-state index in [9.17, 15) is 0 Å². The molecule has 0 saturated heterocycles. The number of hydrogen-bond acceptors (Lipinski definition) is 2. The Morgan fingerprint density at radius 1 is 1.26 bits per heavy atom. The molecule has 1 aliphatic carbocycles. The Labute approximate surface area is 140 Å². The van der Waals surface area contributed by atoms with Crippen molar-refractivity contribution >= 4 is 5.65 Å². The van der Waals surface area contributed by atoms with Crippen molar-refractivity contribution in [1.29, 1.82) is 0 Å². The molecule has 2 heterocycles. The van der Waals surface area contributed by atoms with Crippen molar-refractivity contribution in [3.8, 4) is 0 Å². The third-order valence-electron chi connectivity index (χ3n) is 5.75. The zero-order valence-corrected chi connectivity index (χ0v) is 14.9. The summed E-state index contributed by atoms with van der Waals surface area (Å²) in [5.74, 6) is 1.54. The number of unbranched alkanes of at least 4 members (excludes halogenated alkanes) is 1. The number of nitrogens with two attached hydrogens (primary N) is 1. The Bertz CT molecular complexity index is 650. The molecule has 1 saturated carbocycles. The number of rotatable bonds is 5. The molecule has 0 amide bonds. The first-order chi connectivity index (χ1) is 11.1. The minimum absolute atomic E-state index is 0.110. The molecule has 2 aromatic rings. The molecule has 0 spiro atoms. The molecule has 0 aromatic carbocycles. The van der Waals surface area contributed by atoms with Gasteiger partial charge in [0.15, 0.2) is 0 Å². The lowest BCUT2D eigenvalue weighted by atomic mass is 9.76. The molecule has 23 heavy (non-hydrogen) atoms. The van der Waals surface area contributed by atoms with Crippen LogP contribution >= 0.6 is 0 Å². The molecule has 3 rings (SSSR count). The Morgan fingerprint density at radius 2 is 2.00 bits per heavy atom. The predicted octanol–water partition coefficient (Wildman–Crippen LogP) is 4.95. The average Bonchev–Trinajstić information content (AvgIpc) is 2.90. The van der Waals surface area contributed by atoms with E-state index in [-0.39, 0.29) is 6.04 Å². The average molecular weight is 313 g/mol. The second-order valence-corrected chi connectivity index (χ2v) is 7.42. The summed E-state index contributed by atoms with van der Waals surface area (Å²) in [4.78, 5) is 4.77. The minimum atomic E-state index is 0.110. The van der Waals surface area contributed by atoms with Gasteiger partial charge >= 0.3 is 0 Å². The van der Waals surface area contributed by atoms with E-state index in [2.05, 4.69) is 43.5 Å². The molecule has 0 bridgehead atoms. The third kappa shape index (κ3) is 3.30. The topological polar surface area (TPSA) is 43.3 Å². The fourth-order valence-electron chi connectivity index (χ4n) is 4.29. The van der Waals surface area contributed by atoms with Gasteiger partial charge in [-0.1, -0.05) is 45.1 Å². The Kier molecular flexibility index (Phi) is 5.05. The molecule has 1 fully saturated rings. The van der Waals surface area contributed by atoms with Gasteiger partial charge in [-0.15, -0.1) is 0 Å². The van der Waals surface area contributed by atoms with Crippen LogP contribution in [-0.2, 0) is 0 Å². The first kappa shape index (κ1) is 16.5. The van der Waals surface area contributed by atoms with Gasteiger partial charge in [0.25, 0.3) is 0 Å². The summed E-state index contributed by atoms with van der Waals surface area (Å²) in [6, 6.07) is 4.33. The zero-order valence-electron chi connectivity index (χ0n) is 14.9. The van der Waals surface area contributed by atoms with Crippen LogP contribution in [0.1, 0.15) is 74.9 Å². The van der Waals surface area contributed by atoms with E-state index in [1.165, 1.54) is 56.2 Å². The first-order valence-electron chi connectivity index (χ1n) is 9.31. The maximum absolute atomic E-state index is 6.72. The number of pyridine rings is 1. The number of nitrogens with zero attached hydrogens (tertiary/aromatic N) is 2. The van der Waals surface area contributed by atoms with Crippen LogP contribution in [0.4, 0.5) is 0 Å². The number of imidazole rings is 1. The van der Waals surface area contributed by atoms with E-state index in [1.807, 2.05) is 0 Å². The van der Waals surface area contributed by atoms with Crippen LogP contribution in [0.25, 0.3) is 5.65 Å². The van der Waals surface area contributed by atoms with Gasteiger partial charge in [0.2, 0.25) is 0 Å². The van der Waals surface area contributed by atoms with Crippen LogP contribution in [0, 0.1) is 25.7 Å². The summed E-state index contributed by atoms with van der Waals surface area (Å²) < 4.78 is 2.22. The van der Waals surface area contributed by atoms with Crippen molar-refractivity contribution in [1.82, 2.24) is 9.38 Å². The van der Waals surface area contributed by atoms with Gasteiger partial charge < -0.3 is 10.1 Å². The van der Waals surface area contributed by atoms with Crippen LogP contribution < -0.4 is 5.73 Å². The maximum atomic E-state index is 6.72. The lowest BCUT2D eigenvalue weighted by Crippen LogP contribution is -2.27. The normalized spacial score (nSPS) is 23.3. The van der Waals surface area contributed by atoms with E-state index in [0.29, 0.717) is 5.92 Å². The molecule has 2 N–H and O–H groups in total. The standard InChI is InChI=1S/C20H31N3/c1-4-5-8-16-9-11-17(12-10-16)18(21)19-15(3)22-20-14(2)7-6-13-23(19)20/h6-7,13,16-18H,4-5,8-12,21H2,1-3H3. The molecule has 1 aliphatic rings. The number of aryl methyl sites for hydroxylation is 2. The molecule has 0 radical (unpaired) electrons. The maximum Gasteiger partial charge on any atom is 0.140 e. The molecule has 1 atom stereocenters. The van der Waals surface area contributed by atoms with Crippen molar-refractivity contribution in [2.75, 3.05) is 0 Å². The van der Waals surface area contributed by atoms with Gasteiger partial charge in [0, 0.05) is 6.20 Å². The van der Waals surface area contributed by atoms with Gasteiger partial charge in [0.05, 0.1) is 17.4 Å². The van der Waals surface area contributed by atoms with E-state index < -0.39 is 0 Å². The predicted molar refractivity (Wildman–Crippen MR) is 96.6 cm³/mol. The zero-order chi connectivity index (χ0) is 16.4. The lowest BCUT2D eigenvalue weighted by molar-refractivity contribution is 0.230. The summed E-state index contributed by atoms with van der Waals surface area (Å²) >= 11 is 0. The largest absolute Gasteiger partial charge is 0.322 e. The summed E-state index contributed by atoms with van der Waals surface area (Å²) in [5.41, 5.74) is 11.3. The van der Waals surface area contributed by atoms with Crippen molar-refractivity contribution in [3.63, 3.8) is 0 Å². The third-order valence-corrected chi connectivity index (χ3v) is 5.75. The Morgan fingerprint density at radius 3 is 2.70 bits per heavy atom. The van der Waals surface area contributed by atoms with Gasteiger partial charge in [-0.25, -0.2) is 4.98 Å². The van der Waals surface area contributed by atoms with Gasteiger partial charge in [-0.05, 0) is 50.2 Å². The van der Waals surface area contributed by atoms with Crippen LogP contribution in [0.5, 0.6) is 0 Å². The number of fused-ring (bicyclic) bond motifs is 1. The van der Waals surface area contributed by atoms with Crippen molar-refractivity contribution < 1.29 is 0 Å². The Balaban J connectivity index is 1.76. The quantitative estimate of drug-likeness (QED) is 0.849. The van der Waals surface area contributed by atoms with E-state index in [0.717, 1.165) is 17.3 Å². The molecule has 3 heteroatoms. The Hall–Kier alpha value is -1.35. The lowest BCUT2D eigenvalue weighted by Gasteiger charge is -2.32. The molecule has 2 aromatic heterocycles. The fourth-order valence-corrected chi connectivity index (χ4v) is 4.29. The van der Waals surface area contributed by atoms with Crippen LogP contribution in [0.3, 0.4) is 0 Å².